The van der Waals surface area contributed by atoms with Crippen LogP contribution in [-0.4, -0.2) is 37.0 Å². The van der Waals surface area contributed by atoms with Gasteiger partial charge in [-0.15, -0.1) is 0 Å². The molecule has 0 spiro atoms. The number of para-hydroxylation sites is 1. The van der Waals surface area contributed by atoms with Crippen LogP contribution in [0.5, 0.6) is 0 Å². The molecular weight excluding hydrogens is 310 g/mol. The predicted octanol–water partition coefficient (Wildman–Crippen LogP) is 2.69. The van der Waals surface area contributed by atoms with Crippen molar-refractivity contribution in [2.45, 2.75) is 6.04 Å². The minimum absolute atomic E-state index is 0.303. The van der Waals surface area contributed by atoms with E-state index in [1.165, 1.54) is 0 Å². The molecule has 2 aromatic rings. The molecule has 0 saturated carbocycles. The van der Waals surface area contributed by atoms with Crippen LogP contribution >= 0.6 is 11.6 Å². The minimum atomic E-state index is -0.371. The number of halogens is 1. The number of rotatable bonds is 4. The van der Waals surface area contributed by atoms with Gasteiger partial charge in [-0.2, -0.15) is 0 Å². The van der Waals surface area contributed by atoms with Crippen molar-refractivity contribution in [1.82, 2.24) is 4.90 Å². The van der Waals surface area contributed by atoms with E-state index < -0.39 is 0 Å². The molecule has 1 aliphatic heterocycles. The van der Waals surface area contributed by atoms with E-state index in [4.69, 9.17) is 17.3 Å². The zero-order valence-electron chi connectivity index (χ0n) is 12.9. The topological polar surface area (TPSA) is 49.6 Å². The third-order valence-electron chi connectivity index (χ3n) is 4.26. The number of carbonyl (C=O) groups excluding carboxylic acids is 1. The quantitative estimate of drug-likeness (QED) is 0.938. The number of carbonyl (C=O) groups is 1. The van der Waals surface area contributed by atoms with Crippen LogP contribution in [0.2, 0.25) is 5.02 Å². The molecule has 1 amide bonds. The molecule has 4 nitrogen and oxygen atoms in total. The van der Waals surface area contributed by atoms with Crippen molar-refractivity contribution in [2.24, 2.45) is 5.73 Å². The molecule has 0 aromatic heterocycles. The summed E-state index contributed by atoms with van der Waals surface area (Å²) in [5.74, 6) is -0.303. The lowest BCUT2D eigenvalue weighted by atomic mass is 10.0. The fraction of sp³-hybridized carbons (Fsp3) is 0.278. The van der Waals surface area contributed by atoms with Crippen LogP contribution in [0.15, 0.2) is 54.6 Å². The highest BCUT2D eigenvalue weighted by Crippen LogP contribution is 2.28. The highest BCUT2D eigenvalue weighted by Gasteiger charge is 2.29. The largest absolute Gasteiger partial charge is 0.368 e. The molecule has 2 aromatic carbocycles. The first-order valence-corrected chi connectivity index (χ1v) is 8.12. The maximum atomic E-state index is 12.0. The van der Waals surface area contributed by atoms with E-state index in [1.807, 2.05) is 54.6 Å². The highest BCUT2D eigenvalue weighted by atomic mass is 35.5. The van der Waals surface area contributed by atoms with Gasteiger partial charge in [0.05, 0.1) is 10.7 Å². The lowest BCUT2D eigenvalue weighted by Gasteiger charge is -2.39. The Morgan fingerprint density at radius 1 is 0.957 bits per heavy atom. The maximum Gasteiger partial charge on any atom is 0.239 e. The van der Waals surface area contributed by atoms with Crippen molar-refractivity contribution in [3.8, 4) is 0 Å². The van der Waals surface area contributed by atoms with E-state index >= 15 is 0 Å². The molecule has 2 N–H and O–H groups in total. The summed E-state index contributed by atoms with van der Waals surface area (Å²) in [6.07, 6.45) is 0. The molecule has 1 aliphatic rings. The summed E-state index contributed by atoms with van der Waals surface area (Å²) in [5, 5.41) is 0.760. The van der Waals surface area contributed by atoms with Crippen LogP contribution in [0.3, 0.4) is 0 Å². The van der Waals surface area contributed by atoms with Gasteiger partial charge in [0, 0.05) is 26.2 Å². The summed E-state index contributed by atoms with van der Waals surface area (Å²) >= 11 is 6.27. The third-order valence-corrected chi connectivity index (χ3v) is 4.58. The van der Waals surface area contributed by atoms with Gasteiger partial charge in [0.1, 0.15) is 6.04 Å². The fourth-order valence-electron chi connectivity index (χ4n) is 3.12. The Morgan fingerprint density at radius 2 is 1.57 bits per heavy atom. The molecule has 0 radical (unpaired) electrons. The monoisotopic (exact) mass is 329 g/mol. The molecule has 1 heterocycles. The summed E-state index contributed by atoms with van der Waals surface area (Å²) in [6.45, 7) is 3.18. The summed E-state index contributed by atoms with van der Waals surface area (Å²) in [6, 6.07) is 17.2. The number of piperazine rings is 1. The molecule has 3 rings (SSSR count). The normalized spacial score (nSPS) is 17.0. The van der Waals surface area contributed by atoms with E-state index in [0.717, 1.165) is 42.5 Å². The Kier molecular flexibility index (Phi) is 4.84. The predicted molar refractivity (Wildman–Crippen MR) is 93.6 cm³/mol. The molecule has 5 heteroatoms. The zero-order chi connectivity index (χ0) is 16.2. The van der Waals surface area contributed by atoms with E-state index in [1.54, 1.807) is 0 Å². The van der Waals surface area contributed by atoms with Gasteiger partial charge in [0.15, 0.2) is 0 Å². The highest BCUT2D eigenvalue weighted by molar-refractivity contribution is 6.33. The van der Waals surface area contributed by atoms with E-state index in [9.17, 15) is 4.79 Å². The van der Waals surface area contributed by atoms with Gasteiger partial charge in [-0.3, -0.25) is 9.69 Å². The molecule has 1 fully saturated rings. The summed E-state index contributed by atoms with van der Waals surface area (Å²) in [5.41, 5.74) is 7.65. The second kappa shape index (κ2) is 7.02. The molecule has 1 unspecified atom stereocenters. The number of hydrogen-bond acceptors (Lipinski definition) is 3. The molecular formula is C18H20ClN3O. The molecule has 1 saturated heterocycles. The number of amides is 1. The van der Waals surface area contributed by atoms with E-state index in [2.05, 4.69) is 9.80 Å². The molecule has 23 heavy (non-hydrogen) atoms. The van der Waals surface area contributed by atoms with Crippen molar-refractivity contribution in [1.29, 1.82) is 0 Å². The fourth-order valence-corrected chi connectivity index (χ4v) is 3.37. The van der Waals surface area contributed by atoms with Crippen LogP contribution in [-0.2, 0) is 4.79 Å². The molecule has 0 bridgehead atoms. The van der Waals surface area contributed by atoms with Gasteiger partial charge in [-0.1, -0.05) is 54.1 Å². The van der Waals surface area contributed by atoms with Gasteiger partial charge < -0.3 is 10.6 Å². The van der Waals surface area contributed by atoms with Gasteiger partial charge in [0.25, 0.3) is 0 Å². The second-order valence-corrected chi connectivity index (χ2v) is 6.10. The summed E-state index contributed by atoms with van der Waals surface area (Å²) in [4.78, 5) is 16.3. The molecule has 120 valence electrons. The van der Waals surface area contributed by atoms with Crippen molar-refractivity contribution < 1.29 is 4.79 Å². The minimum Gasteiger partial charge on any atom is -0.368 e. The number of anilines is 1. The van der Waals surface area contributed by atoms with Crippen molar-refractivity contribution in [2.75, 3.05) is 31.1 Å². The first-order valence-electron chi connectivity index (χ1n) is 7.74. The van der Waals surface area contributed by atoms with Gasteiger partial charge in [-0.25, -0.2) is 0 Å². The third kappa shape index (κ3) is 3.49. The van der Waals surface area contributed by atoms with Gasteiger partial charge in [-0.05, 0) is 17.7 Å². The lowest BCUT2D eigenvalue weighted by molar-refractivity contribution is -0.123. The first kappa shape index (κ1) is 15.8. The van der Waals surface area contributed by atoms with Crippen molar-refractivity contribution in [3.63, 3.8) is 0 Å². The Hall–Kier alpha value is -2.04. The first-order chi connectivity index (χ1) is 11.2. The van der Waals surface area contributed by atoms with Crippen LogP contribution in [0, 0.1) is 0 Å². The number of nitrogens with two attached hydrogens (primary N) is 1. The van der Waals surface area contributed by atoms with Gasteiger partial charge >= 0.3 is 0 Å². The van der Waals surface area contributed by atoms with E-state index in [-0.39, 0.29) is 11.9 Å². The number of hydrogen-bond donors (Lipinski definition) is 1. The standard InChI is InChI=1S/C18H20ClN3O/c19-15-8-4-5-9-16(15)21-10-12-22(13-11-21)17(18(20)23)14-6-2-1-3-7-14/h1-9,17H,10-13H2,(H2,20,23). The Labute approximate surface area is 141 Å². The SMILES string of the molecule is NC(=O)C(c1ccccc1)N1CCN(c2ccccc2Cl)CC1. The average molecular weight is 330 g/mol. The maximum absolute atomic E-state index is 12.0. The Bertz CT molecular complexity index is 669. The second-order valence-electron chi connectivity index (χ2n) is 5.69. The average Bonchev–Trinajstić information content (AvgIpc) is 2.57. The van der Waals surface area contributed by atoms with Crippen LogP contribution in [0.25, 0.3) is 0 Å². The van der Waals surface area contributed by atoms with Crippen LogP contribution in [0.4, 0.5) is 5.69 Å². The number of nitrogens with zero attached hydrogens (tertiary/aromatic N) is 2. The smallest absolute Gasteiger partial charge is 0.239 e. The van der Waals surface area contributed by atoms with Crippen molar-refractivity contribution >= 4 is 23.2 Å². The van der Waals surface area contributed by atoms with Gasteiger partial charge in [0.2, 0.25) is 5.91 Å². The summed E-state index contributed by atoms with van der Waals surface area (Å²) < 4.78 is 0. The van der Waals surface area contributed by atoms with Crippen molar-refractivity contribution in [3.05, 3.63) is 65.2 Å². The molecule has 1 atom stereocenters. The molecule has 0 aliphatic carbocycles. The van der Waals surface area contributed by atoms with Crippen LogP contribution in [0.1, 0.15) is 11.6 Å². The lowest BCUT2D eigenvalue weighted by Crippen LogP contribution is -2.50. The Balaban J connectivity index is 1.72. The van der Waals surface area contributed by atoms with E-state index in [0.29, 0.717) is 0 Å². The Morgan fingerprint density at radius 3 is 2.17 bits per heavy atom. The number of primary amides is 1. The number of benzene rings is 2. The zero-order valence-corrected chi connectivity index (χ0v) is 13.6. The summed E-state index contributed by atoms with van der Waals surface area (Å²) in [7, 11) is 0. The van der Waals surface area contributed by atoms with Crippen LogP contribution < -0.4 is 10.6 Å².